The van der Waals surface area contributed by atoms with Crippen LogP contribution in [0.3, 0.4) is 0 Å². The fourth-order valence-corrected chi connectivity index (χ4v) is 2.96. The molecule has 1 unspecified atom stereocenters. The summed E-state index contributed by atoms with van der Waals surface area (Å²) in [6.07, 6.45) is 6.63. The lowest BCUT2D eigenvalue weighted by Gasteiger charge is -2.26. The zero-order valence-electron chi connectivity index (χ0n) is 11.6. The van der Waals surface area contributed by atoms with Crippen molar-refractivity contribution in [3.05, 3.63) is 34.9 Å². The summed E-state index contributed by atoms with van der Waals surface area (Å²) in [4.78, 5) is 2.34. The monoisotopic (exact) mass is 244 g/mol. The number of hydrogen-bond donors (Lipinski definition) is 1. The van der Waals surface area contributed by atoms with Crippen LogP contribution in [-0.4, -0.2) is 31.6 Å². The molecule has 0 saturated heterocycles. The molecule has 0 bridgehead atoms. The van der Waals surface area contributed by atoms with Gasteiger partial charge in [0.2, 0.25) is 0 Å². The highest BCUT2D eigenvalue weighted by Gasteiger charge is 2.24. The minimum absolute atomic E-state index is 0.511. The number of fused-ring (bicyclic) bond motifs is 1. The van der Waals surface area contributed by atoms with E-state index in [0.717, 1.165) is 12.6 Å². The van der Waals surface area contributed by atoms with Crippen molar-refractivity contribution < 1.29 is 0 Å². The van der Waals surface area contributed by atoms with Gasteiger partial charge in [-0.05, 0) is 62.9 Å². The Labute approximate surface area is 110 Å². The van der Waals surface area contributed by atoms with Gasteiger partial charge in [-0.1, -0.05) is 18.2 Å². The van der Waals surface area contributed by atoms with Crippen molar-refractivity contribution in [2.24, 2.45) is 0 Å². The maximum Gasteiger partial charge on any atom is 0.0467 e. The Bertz CT molecular complexity index is 421. The molecule has 0 heterocycles. The Morgan fingerprint density at radius 1 is 1.22 bits per heavy atom. The maximum absolute atomic E-state index is 3.66. The predicted molar refractivity (Wildman–Crippen MR) is 75.9 cm³/mol. The number of aryl methyl sites for hydroxylation is 2. The van der Waals surface area contributed by atoms with Crippen LogP contribution in [0.15, 0.2) is 18.2 Å². The molecule has 1 saturated carbocycles. The minimum atomic E-state index is 0.511. The highest BCUT2D eigenvalue weighted by atomic mass is 15.1. The van der Waals surface area contributed by atoms with Gasteiger partial charge in [0.15, 0.2) is 0 Å². The van der Waals surface area contributed by atoms with E-state index >= 15 is 0 Å². The van der Waals surface area contributed by atoms with Crippen LogP contribution in [0.1, 0.15) is 42.0 Å². The second kappa shape index (κ2) is 5.02. The number of likely N-dealkylation sites (N-methyl/N-ethyl adjacent to an activating group) is 1. The van der Waals surface area contributed by atoms with Crippen molar-refractivity contribution >= 4 is 0 Å². The molecule has 1 aromatic rings. The molecule has 1 aromatic carbocycles. The molecule has 3 rings (SSSR count). The van der Waals surface area contributed by atoms with Gasteiger partial charge in [-0.15, -0.1) is 0 Å². The predicted octanol–water partition coefficient (Wildman–Crippen LogP) is 2.53. The largest absolute Gasteiger partial charge is 0.312 e. The summed E-state index contributed by atoms with van der Waals surface area (Å²) in [6.45, 7) is 1.08. The Kier molecular flexibility index (Phi) is 3.40. The first-order valence-electron chi connectivity index (χ1n) is 7.25. The normalized spacial score (nSPS) is 20.2. The standard InChI is InChI=1S/C16H24N2/c1-18(2)16(11-17-15-8-9-15)14-7-6-12-4-3-5-13(12)10-14/h6-7,10,15-17H,3-5,8-9,11H2,1-2H3. The number of rotatable bonds is 5. The van der Waals surface area contributed by atoms with Crippen LogP contribution < -0.4 is 5.32 Å². The van der Waals surface area contributed by atoms with Crippen LogP contribution in [0.25, 0.3) is 0 Å². The number of benzene rings is 1. The smallest absolute Gasteiger partial charge is 0.0467 e. The van der Waals surface area contributed by atoms with Crippen LogP contribution >= 0.6 is 0 Å². The third kappa shape index (κ3) is 2.60. The molecule has 0 spiro atoms. The number of hydrogen-bond acceptors (Lipinski definition) is 2. The van der Waals surface area contributed by atoms with E-state index < -0.39 is 0 Å². The molecule has 0 amide bonds. The zero-order valence-corrected chi connectivity index (χ0v) is 11.6. The van der Waals surface area contributed by atoms with E-state index in [-0.39, 0.29) is 0 Å². The topological polar surface area (TPSA) is 15.3 Å². The van der Waals surface area contributed by atoms with Gasteiger partial charge < -0.3 is 10.2 Å². The average molecular weight is 244 g/mol. The van der Waals surface area contributed by atoms with Crippen LogP contribution in [0, 0.1) is 0 Å². The van der Waals surface area contributed by atoms with Crippen molar-refractivity contribution in [2.45, 2.75) is 44.2 Å². The first-order valence-corrected chi connectivity index (χ1v) is 7.25. The highest BCUT2D eigenvalue weighted by Crippen LogP contribution is 2.27. The summed E-state index contributed by atoms with van der Waals surface area (Å²) in [5.41, 5.74) is 4.64. The lowest BCUT2D eigenvalue weighted by atomic mass is 10.0. The SMILES string of the molecule is CN(C)C(CNC1CC1)c1ccc2c(c1)CCC2. The molecule has 0 radical (unpaired) electrons. The Morgan fingerprint density at radius 3 is 2.72 bits per heavy atom. The first-order chi connectivity index (χ1) is 8.74. The van der Waals surface area contributed by atoms with Gasteiger partial charge in [-0.3, -0.25) is 0 Å². The van der Waals surface area contributed by atoms with Crippen molar-refractivity contribution in [2.75, 3.05) is 20.6 Å². The van der Waals surface area contributed by atoms with Gasteiger partial charge in [0.1, 0.15) is 0 Å². The molecule has 0 aromatic heterocycles. The summed E-state index contributed by atoms with van der Waals surface area (Å²) >= 11 is 0. The maximum atomic E-state index is 3.66. The number of nitrogens with one attached hydrogen (secondary N) is 1. The van der Waals surface area contributed by atoms with Crippen LogP contribution in [0.2, 0.25) is 0 Å². The molecule has 0 aliphatic heterocycles. The number of nitrogens with zero attached hydrogens (tertiary/aromatic N) is 1. The van der Waals surface area contributed by atoms with E-state index in [9.17, 15) is 0 Å². The van der Waals surface area contributed by atoms with Gasteiger partial charge >= 0.3 is 0 Å². The molecule has 98 valence electrons. The summed E-state index contributed by atoms with van der Waals surface area (Å²) in [7, 11) is 4.37. The lowest BCUT2D eigenvalue weighted by Crippen LogP contribution is -2.32. The minimum Gasteiger partial charge on any atom is -0.312 e. The first kappa shape index (κ1) is 12.2. The summed E-state index contributed by atoms with van der Waals surface area (Å²) in [5, 5.41) is 3.66. The van der Waals surface area contributed by atoms with Crippen molar-refractivity contribution in [3.63, 3.8) is 0 Å². The van der Waals surface area contributed by atoms with Crippen LogP contribution in [0.4, 0.5) is 0 Å². The second-order valence-electron chi connectivity index (χ2n) is 6.04. The molecule has 1 N–H and O–H groups in total. The quantitative estimate of drug-likeness (QED) is 0.856. The van der Waals surface area contributed by atoms with Crippen molar-refractivity contribution in [1.29, 1.82) is 0 Å². The molecular weight excluding hydrogens is 220 g/mol. The molecule has 2 aliphatic carbocycles. The third-order valence-corrected chi connectivity index (χ3v) is 4.31. The molecular formula is C16H24N2. The second-order valence-corrected chi connectivity index (χ2v) is 6.04. The van der Waals surface area contributed by atoms with E-state index in [1.54, 1.807) is 11.1 Å². The molecule has 2 heteroatoms. The van der Waals surface area contributed by atoms with E-state index in [2.05, 4.69) is 42.5 Å². The Hall–Kier alpha value is -0.860. The fraction of sp³-hybridized carbons (Fsp3) is 0.625. The van der Waals surface area contributed by atoms with Crippen molar-refractivity contribution in [1.82, 2.24) is 10.2 Å². The van der Waals surface area contributed by atoms with Crippen molar-refractivity contribution in [3.8, 4) is 0 Å². The molecule has 1 atom stereocenters. The van der Waals surface area contributed by atoms with E-state index in [0.29, 0.717) is 6.04 Å². The average Bonchev–Trinajstić information content (AvgIpc) is 3.05. The van der Waals surface area contributed by atoms with E-state index in [1.165, 1.54) is 37.7 Å². The lowest BCUT2D eigenvalue weighted by molar-refractivity contribution is 0.288. The summed E-state index contributed by atoms with van der Waals surface area (Å²) in [6, 6.07) is 8.44. The summed E-state index contributed by atoms with van der Waals surface area (Å²) in [5.74, 6) is 0. The fourth-order valence-electron chi connectivity index (χ4n) is 2.96. The van der Waals surface area contributed by atoms with Crippen LogP contribution in [0.5, 0.6) is 0 Å². The van der Waals surface area contributed by atoms with E-state index in [4.69, 9.17) is 0 Å². The van der Waals surface area contributed by atoms with Gasteiger partial charge in [0.05, 0.1) is 0 Å². The Balaban J connectivity index is 1.75. The van der Waals surface area contributed by atoms with Gasteiger partial charge in [0.25, 0.3) is 0 Å². The zero-order chi connectivity index (χ0) is 12.5. The van der Waals surface area contributed by atoms with Gasteiger partial charge in [-0.25, -0.2) is 0 Å². The van der Waals surface area contributed by atoms with Gasteiger partial charge in [-0.2, -0.15) is 0 Å². The summed E-state index contributed by atoms with van der Waals surface area (Å²) < 4.78 is 0. The molecule has 2 nitrogen and oxygen atoms in total. The Morgan fingerprint density at radius 2 is 2.00 bits per heavy atom. The highest BCUT2D eigenvalue weighted by molar-refractivity contribution is 5.36. The molecule has 2 aliphatic rings. The molecule has 18 heavy (non-hydrogen) atoms. The molecule has 1 fully saturated rings. The van der Waals surface area contributed by atoms with E-state index in [1.807, 2.05) is 0 Å². The third-order valence-electron chi connectivity index (χ3n) is 4.31. The van der Waals surface area contributed by atoms with Gasteiger partial charge in [0, 0.05) is 18.6 Å². The van der Waals surface area contributed by atoms with Crippen LogP contribution in [-0.2, 0) is 12.8 Å².